The minimum atomic E-state index is -0.335. The Labute approximate surface area is 194 Å². The number of fused-ring (bicyclic) bond motifs is 1. The zero-order valence-electron chi connectivity index (χ0n) is 19.3. The zero-order valence-corrected chi connectivity index (χ0v) is 19.3. The van der Waals surface area contributed by atoms with Crippen LogP contribution in [0.15, 0.2) is 48.5 Å². The predicted octanol–water partition coefficient (Wildman–Crippen LogP) is 4.55. The lowest BCUT2D eigenvalue weighted by Gasteiger charge is -2.30. The zero-order chi connectivity index (χ0) is 23.2. The summed E-state index contributed by atoms with van der Waals surface area (Å²) in [6.07, 6.45) is 6.20. The lowest BCUT2D eigenvalue weighted by atomic mass is 9.91. The molecule has 1 aliphatic carbocycles. The van der Waals surface area contributed by atoms with E-state index in [9.17, 15) is 10.1 Å². The molecule has 1 saturated carbocycles. The standard InChI is InChI=1S/C25H32N6O2/c1-30(2)24-22-10-3-4-11-23(22)28-25(29-24)27-20-14-12-19(13-15-20)26-16-6-8-18-7-5-9-21(17-18)31(32)33/h3-5,7,9-11,17,19-20,26H,6,8,12-16H2,1-2H3,(H,27,28,29)/t19-,20+. The number of aromatic nitrogens is 2. The molecule has 3 aromatic rings. The number of nitro groups is 1. The minimum Gasteiger partial charge on any atom is -0.362 e. The van der Waals surface area contributed by atoms with E-state index < -0.39 is 0 Å². The topological polar surface area (TPSA) is 96.2 Å². The van der Waals surface area contributed by atoms with E-state index in [-0.39, 0.29) is 10.6 Å². The van der Waals surface area contributed by atoms with Gasteiger partial charge in [-0.25, -0.2) is 4.98 Å². The number of benzene rings is 2. The van der Waals surface area contributed by atoms with E-state index in [0.29, 0.717) is 18.0 Å². The maximum atomic E-state index is 10.9. The Morgan fingerprint density at radius 2 is 1.79 bits per heavy atom. The molecule has 2 aromatic carbocycles. The van der Waals surface area contributed by atoms with E-state index in [4.69, 9.17) is 9.97 Å². The van der Waals surface area contributed by atoms with Crippen LogP contribution in [0.3, 0.4) is 0 Å². The fourth-order valence-electron chi connectivity index (χ4n) is 4.51. The van der Waals surface area contributed by atoms with Gasteiger partial charge in [0.2, 0.25) is 5.95 Å². The van der Waals surface area contributed by atoms with Gasteiger partial charge in [-0.2, -0.15) is 4.98 Å². The first-order chi connectivity index (χ1) is 16.0. The SMILES string of the molecule is CN(C)c1nc(N[C@H]2CC[C@@H](NCCCc3cccc([N+](=O)[O-])c3)CC2)nc2ccccc12. The molecule has 1 aromatic heterocycles. The van der Waals surface area contributed by atoms with E-state index in [1.54, 1.807) is 18.2 Å². The molecule has 2 N–H and O–H groups in total. The highest BCUT2D eigenvalue weighted by Crippen LogP contribution is 2.26. The first kappa shape index (κ1) is 22.9. The molecule has 0 spiro atoms. The van der Waals surface area contributed by atoms with E-state index in [1.807, 2.05) is 43.3 Å². The van der Waals surface area contributed by atoms with Gasteiger partial charge in [-0.3, -0.25) is 10.1 Å². The average Bonchev–Trinajstić information content (AvgIpc) is 2.82. The number of para-hydroxylation sites is 1. The van der Waals surface area contributed by atoms with Crippen molar-refractivity contribution >= 4 is 28.4 Å². The van der Waals surface area contributed by atoms with Gasteiger partial charge in [0, 0.05) is 43.7 Å². The molecule has 8 nitrogen and oxygen atoms in total. The van der Waals surface area contributed by atoms with E-state index in [2.05, 4.69) is 16.7 Å². The Hall–Kier alpha value is -3.26. The Balaban J connectivity index is 1.23. The molecule has 0 aliphatic heterocycles. The third-order valence-corrected chi connectivity index (χ3v) is 6.26. The summed E-state index contributed by atoms with van der Waals surface area (Å²) in [7, 11) is 4.02. The van der Waals surface area contributed by atoms with Crippen LogP contribution < -0.4 is 15.5 Å². The highest BCUT2D eigenvalue weighted by Gasteiger charge is 2.22. The van der Waals surface area contributed by atoms with Crippen molar-refractivity contribution in [2.75, 3.05) is 30.9 Å². The maximum absolute atomic E-state index is 10.9. The van der Waals surface area contributed by atoms with Crippen molar-refractivity contribution in [2.24, 2.45) is 0 Å². The average molecular weight is 449 g/mol. The van der Waals surface area contributed by atoms with Gasteiger partial charge < -0.3 is 15.5 Å². The van der Waals surface area contributed by atoms with Crippen LogP contribution in [0, 0.1) is 10.1 Å². The minimum absolute atomic E-state index is 0.166. The summed E-state index contributed by atoms with van der Waals surface area (Å²) in [5.74, 6) is 1.63. The normalized spacial score (nSPS) is 18.2. The number of aryl methyl sites for hydroxylation is 1. The second-order valence-electron chi connectivity index (χ2n) is 8.96. The van der Waals surface area contributed by atoms with Crippen LogP contribution in [0.5, 0.6) is 0 Å². The molecule has 0 atom stereocenters. The molecule has 8 heteroatoms. The summed E-state index contributed by atoms with van der Waals surface area (Å²) in [5.41, 5.74) is 2.14. The Morgan fingerprint density at radius 1 is 1.03 bits per heavy atom. The van der Waals surface area contributed by atoms with Crippen LogP contribution in [0.4, 0.5) is 17.5 Å². The number of anilines is 2. The highest BCUT2D eigenvalue weighted by atomic mass is 16.6. The molecular weight excluding hydrogens is 416 g/mol. The molecule has 1 aliphatic rings. The molecule has 0 amide bonds. The van der Waals surface area contributed by atoms with Crippen LogP contribution in [-0.4, -0.2) is 47.6 Å². The summed E-state index contributed by atoms with van der Waals surface area (Å²) in [6.45, 7) is 0.922. The summed E-state index contributed by atoms with van der Waals surface area (Å²) in [6, 6.07) is 15.9. The monoisotopic (exact) mass is 448 g/mol. The highest BCUT2D eigenvalue weighted by molar-refractivity contribution is 5.90. The second-order valence-corrected chi connectivity index (χ2v) is 8.96. The Bertz CT molecular complexity index is 1100. The van der Waals surface area contributed by atoms with Crippen LogP contribution in [0.2, 0.25) is 0 Å². The van der Waals surface area contributed by atoms with Gasteiger partial charge in [-0.1, -0.05) is 24.3 Å². The number of hydrogen-bond acceptors (Lipinski definition) is 7. The molecule has 174 valence electrons. The largest absolute Gasteiger partial charge is 0.362 e. The fourth-order valence-corrected chi connectivity index (χ4v) is 4.51. The van der Waals surface area contributed by atoms with Crippen LogP contribution in [0.1, 0.15) is 37.7 Å². The smallest absolute Gasteiger partial charge is 0.269 e. The first-order valence-electron chi connectivity index (χ1n) is 11.7. The van der Waals surface area contributed by atoms with Gasteiger partial charge in [0.15, 0.2) is 0 Å². The molecule has 1 fully saturated rings. The summed E-state index contributed by atoms with van der Waals surface area (Å²) in [5, 5.41) is 19.2. The van der Waals surface area contributed by atoms with Gasteiger partial charge in [-0.15, -0.1) is 0 Å². The Morgan fingerprint density at radius 3 is 2.55 bits per heavy atom. The quantitative estimate of drug-likeness (QED) is 0.282. The lowest BCUT2D eigenvalue weighted by molar-refractivity contribution is -0.384. The molecule has 0 saturated heterocycles. The van der Waals surface area contributed by atoms with Crippen molar-refractivity contribution in [1.82, 2.24) is 15.3 Å². The van der Waals surface area contributed by atoms with Gasteiger partial charge in [0.1, 0.15) is 5.82 Å². The number of non-ortho nitro benzene ring substituents is 1. The molecule has 4 rings (SSSR count). The molecule has 1 heterocycles. The molecular formula is C25H32N6O2. The molecule has 33 heavy (non-hydrogen) atoms. The van der Waals surface area contributed by atoms with Crippen molar-refractivity contribution in [3.05, 3.63) is 64.2 Å². The number of hydrogen-bond donors (Lipinski definition) is 2. The van der Waals surface area contributed by atoms with Crippen molar-refractivity contribution in [3.8, 4) is 0 Å². The van der Waals surface area contributed by atoms with Crippen LogP contribution >= 0.6 is 0 Å². The van der Waals surface area contributed by atoms with E-state index in [1.165, 1.54) is 0 Å². The third-order valence-electron chi connectivity index (χ3n) is 6.26. The molecule has 0 unspecified atom stereocenters. The number of rotatable bonds is 9. The van der Waals surface area contributed by atoms with Gasteiger partial charge in [0.25, 0.3) is 5.69 Å². The first-order valence-corrected chi connectivity index (χ1v) is 11.7. The summed E-state index contributed by atoms with van der Waals surface area (Å²) in [4.78, 5) is 22.1. The van der Waals surface area contributed by atoms with Crippen LogP contribution in [-0.2, 0) is 6.42 Å². The number of nitrogens with one attached hydrogen (secondary N) is 2. The van der Waals surface area contributed by atoms with Crippen molar-refractivity contribution in [2.45, 2.75) is 50.6 Å². The van der Waals surface area contributed by atoms with Crippen molar-refractivity contribution in [1.29, 1.82) is 0 Å². The van der Waals surface area contributed by atoms with E-state index in [0.717, 1.165) is 67.4 Å². The van der Waals surface area contributed by atoms with Crippen molar-refractivity contribution < 1.29 is 4.92 Å². The number of nitrogens with zero attached hydrogens (tertiary/aromatic N) is 4. The molecule has 0 bridgehead atoms. The Kier molecular flexibility index (Phi) is 7.34. The second kappa shape index (κ2) is 10.6. The van der Waals surface area contributed by atoms with Crippen LogP contribution in [0.25, 0.3) is 10.9 Å². The van der Waals surface area contributed by atoms with Gasteiger partial charge >= 0.3 is 0 Å². The van der Waals surface area contributed by atoms with Gasteiger partial charge in [-0.05, 0) is 62.8 Å². The third kappa shape index (κ3) is 5.96. The number of nitro benzene ring substituents is 1. The molecule has 0 radical (unpaired) electrons. The lowest BCUT2D eigenvalue weighted by Crippen LogP contribution is -2.37. The predicted molar refractivity (Wildman–Crippen MR) is 133 cm³/mol. The summed E-state index contributed by atoms with van der Waals surface area (Å²) >= 11 is 0. The summed E-state index contributed by atoms with van der Waals surface area (Å²) < 4.78 is 0. The van der Waals surface area contributed by atoms with E-state index >= 15 is 0 Å². The van der Waals surface area contributed by atoms with Crippen molar-refractivity contribution in [3.63, 3.8) is 0 Å². The fraction of sp³-hybridized carbons (Fsp3) is 0.440. The van der Waals surface area contributed by atoms with Gasteiger partial charge in [0.05, 0.1) is 10.4 Å². The maximum Gasteiger partial charge on any atom is 0.269 e.